The van der Waals surface area contributed by atoms with E-state index >= 15 is 0 Å². The number of rotatable bonds is 8. The van der Waals surface area contributed by atoms with Gasteiger partial charge in [-0.2, -0.15) is 4.98 Å². The zero-order valence-electron chi connectivity index (χ0n) is 17.5. The third-order valence-electron chi connectivity index (χ3n) is 5.70. The molecule has 1 aliphatic heterocycles. The lowest BCUT2D eigenvalue weighted by Gasteiger charge is -2.31. The van der Waals surface area contributed by atoms with E-state index < -0.39 is 0 Å². The Morgan fingerprint density at radius 2 is 1.84 bits per heavy atom. The number of hydrogen-bond acceptors (Lipinski definition) is 5. The highest BCUT2D eigenvalue weighted by atomic mass is 19.1. The first-order chi connectivity index (χ1) is 15.2. The van der Waals surface area contributed by atoms with Crippen molar-refractivity contribution < 1.29 is 13.7 Å². The maximum absolute atomic E-state index is 13.0. The number of aromatic nitrogens is 2. The minimum absolute atomic E-state index is 0.0427. The van der Waals surface area contributed by atoms with E-state index in [9.17, 15) is 9.18 Å². The molecule has 1 N–H and O–H groups in total. The Morgan fingerprint density at radius 1 is 1.10 bits per heavy atom. The van der Waals surface area contributed by atoms with Gasteiger partial charge in [-0.1, -0.05) is 47.6 Å². The SMILES string of the molecule is O=C(NCc1ccc(F)cc1)C1CCN(CCCc2nc(-c3ccccc3)no2)CC1. The van der Waals surface area contributed by atoms with Gasteiger partial charge in [-0.3, -0.25) is 4.79 Å². The molecule has 31 heavy (non-hydrogen) atoms. The van der Waals surface area contributed by atoms with Crippen molar-refractivity contribution in [2.75, 3.05) is 19.6 Å². The number of piperidine rings is 1. The molecule has 2 aromatic carbocycles. The van der Waals surface area contributed by atoms with E-state index in [1.807, 2.05) is 30.3 Å². The molecule has 4 rings (SSSR count). The molecule has 1 fully saturated rings. The van der Waals surface area contributed by atoms with Crippen LogP contribution in [0.3, 0.4) is 0 Å². The molecule has 1 saturated heterocycles. The molecule has 0 radical (unpaired) electrons. The van der Waals surface area contributed by atoms with Crippen LogP contribution in [0.15, 0.2) is 59.1 Å². The van der Waals surface area contributed by atoms with Gasteiger partial charge in [0.1, 0.15) is 5.82 Å². The number of nitrogens with zero attached hydrogens (tertiary/aromatic N) is 3. The normalized spacial score (nSPS) is 15.1. The summed E-state index contributed by atoms with van der Waals surface area (Å²) in [5, 5.41) is 7.04. The van der Waals surface area contributed by atoms with Gasteiger partial charge in [-0.15, -0.1) is 0 Å². The smallest absolute Gasteiger partial charge is 0.227 e. The average molecular weight is 423 g/mol. The number of carbonyl (C=O) groups excluding carboxylic acids is 1. The summed E-state index contributed by atoms with van der Waals surface area (Å²) in [6.45, 7) is 3.21. The summed E-state index contributed by atoms with van der Waals surface area (Å²) >= 11 is 0. The fourth-order valence-electron chi connectivity index (χ4n) is 3.87. The number of amides is 1. The van der Waals surface area contributed by atoms with Crippen LogP contribution >= 0.6 is 0 Å². The largest absolute Gasteiger partial charge is 0.352 e. The number of likely N-dealkylation sites (tertiary alicyclic amines) is 1. The molecule has 6 nitrogen and oxygen atoms in total. The Balaban J connectivity index is 1.15. The van der Waals surface area contributed by atoms with Gasteiger partial charge in [-0.05, 0) is 56.6 Å². The lowest BCUT2D eigenvalue weighted by Crippen LogP contribution is -2.40. The van der Waals surface area contributed by atoms with Gasteiger partial charge in [-0.25, -0.2) is 4.39 Å². The number of benzene rings is 2. The van der Waals surface area contributed by atoms with E-state index in [-0.39, 0.29) is 17.6 Å². The summed E-state index contributed by atoms with van der Waals surface area (Å²) in [6.07, 6.45) is 3.40. The molecule has 1 aliphatic rings. The average Bonchev–Trinajstić information content (AvgIpc) is 3.28. The van der Waals surface area contributed by atoms with Crippen molar-refractivity contribution in [2.45, 2.75) is 32.2 Å². The molecule has 0 aliphatic carbocycles. The molecule has 162 valence electrons. The fraction of sp³-hybridized carbons (Fsp3) is 0.375. The highest BCUT2D eigenvalue weighted by molar-refractivity contribution is 5.78. The highest BCUT2D eigenvalue weighted by Crippen LogP contribution is 2.19. The second kappa shape index (κ2) is 10.3. The molecule has 0 bridgehead atoms. The first kappa shape index (κ1) is 21.2. The summed E-state index contributed by atoms with van der Waals surface area (Å²) in [5.41, 5.74) is 1.86. The summed E-state index contributed by atoms with van der Waals surface area (Å²) in [6, 6.07) is 16.0. The van der Waals surface area contributed by atoms with Gasteiger partial charge in [0.15, 0.2) is 0 Å². The summed E-state index contributed by atoms with van der Waals surface area (Å²) in [4.78, 5) is 19.3. The lowest BCUT2D eigenvalue weighted by molar-refractivity contribution is -0.126. The molecule has 0 unspecified atom stereocenters. The third kappa shape index (κ3) is 5.98. The van der Waals surface area contributed by atoms with Crippen molar-refractivity contribution in [3.05, 3.63) is 71.9 Å². The number of nitrogens with one attached hydrogen (secondary N) is 1. The minimum Gasteiger partial charge on any atom is -0.352 e. The van der Waals surface area contributed by atoms with Gasteiger partial charge < -0.3 is 14.7 Å². The van der Waals surface area contributed by atoms with Crippen LogP contribution in [0.1, 0.15) is 30.7 Å². The number of carbonyl (C=O) groups is 1. The topological polar surface area (TPSA) is 71.3 Å². The van der Waals surface area contributed by atoms with Gasteiger partial charge in [0.05, 0.1) is 0 Å². The van der Waals surface area contributed by atoms with Crippen LogP contribution in [0.25, 0.3) is 11.4 Å². The van der Waals surface area contributed by atoms with Crippen LogP contribution in [0.2, 0.25) is 0 Å². The van der Waals surface area contributed by atoms with Crippen LogP contribution in [0.5, 0.6) is 0 Å². The van der Waals surface area contributed by atoms with E-state index in [1.165, 1.54) is 12.1 Å². The van der Waals surface area contributed by atoms with Crippen molar-refractivity contribution in [3.63, 3.8) is 0 Å². The van der Waals surface area contributed by atoms with E-state index in [4.69, 9.17) is 4.52 Å². The molecule has 2 heterocycles. The van der Waals surface area contributed by atoms with Crippen molar-refractivity contribution in [1.82, 2.24) is 20.4 Å². The Hall–Kier alpha value is -3.06. The molecule has 7 heteroatoms. The standard InChI is InChI=1S/C24H27FN4O2/c25-21-10-8-18(9-11-21)17-26-24(30)20-12-15-29(16-13-20)14-4-7-22-27-23(28-31-22)19-5-2-1-3-6-19/h1-3,5-6,8-11,20H,4,7,12-17H2,(H,26,30). The van der Waals surface area contributed by atoms with Crippen molar-refractivity contribution in [3.8, 4) is 11.4 Å². The van der Waals surface area contributed by atoms with Crippen LogP contribution in [-0.2, 0) is 17.8 Å². The Morgan fingerprint density at radius 3 is 2.58 bits per heavy atom. The number of hydrogen-bond donors (Lipinski definition) is 1. The molecule has 1 aromatic heterocycles. The van der Waals surface area contributed by atoms with E-state index in [0.717, 1.165) is 56.4 Å². The molecule has 1 amide bonds. The summed E-state index contributed by atoms with van der Waals surface area (Å²) < 4.78 is 18.3. The monoisotopic (exact) mass is 422 g/mol. The Bertz CT molecular complexity index is 967. The second-order valence-electron chi connectivity index (χ2n) is 7.94. The predicted octanol–water partition coefficient (Wildman–Crippen LogP) is 3.84. The molecule has 0 saturated carbocycles. The zero-order valence-corrected chi connectivity index (χ0v) is 17.5. The molecular formula is C24H27FN4O2. The lowest BCUT2D eigenvalue weighted by atomic mass is 9.95. The van der Waals surface area contributed by atoms with Crippen molar-refractivity contribution in [1.29, 1.82) is 0 Å². The summed E-state index contributed by atoms with van der Waals surface area (Å²) in [7, 11) is 0. The summed E-state index contributed by atoms with van der Waals surface area (Å²) in [5.74, 6) is 1.15. The third-order valence-corrected chi connectivity index (χ3v) is 5.70. The Labute approximate surface area is 181 Å². The van der Waals surface area contributed by atoms with Crippen LogP contribution in [0.4, 0.5) is 4.39 Å². The van der Waals surface area contributed by atoms with Crippen LogP contribution in [-0.4, -0.2) is 40.6 Å². The van der Waals surface area contributed by atoms with Gasteiger partial charge in [0.25, 0.3) is 0 Å². The van der Waals surface area contributed by atoms with Crippen molar-refractivity contribution in [2.24, 2.45) is 5.92 Å². The van der Waals surface area contributed by atoms with Gasteiger partial charge >= 0.3 is 0 Å². The zero-order chi connectivity index (χ0) is 21.5. The highest BCUT2D eigenvalue weighted by Gasteiger charge is 2.24. The van der Waals surface area contributed by atoms with Gasteiger partial charge in [0.2, 0.25) is 17.6 Å². The first-order valence-corrected chi connectivity index (χ1v) is 10.8. The first-order valence-electron chi connectivity index (χ1n) is 10.8. The van der Waals surface area contributed by atoms with Gasteiger partial charge in [0, 0.05) is 24.4 Å². The van der Waals surface area contributed by atoms with Crippen LogP contribution in [0, 0.1) is 11.7 Å². The molecule has 3 aromatic rings. The predicted molar refractivity (Wildman–Crippen MR) is 115 cm³/mol. The quantitative estimate of drug-likeness (QED) is 0.597. The number of aryl methyl sites for hydroxylation is 1. The van der Waals surface area contributed by atoms with Crippen molar-refractivity contribution >= 4 is 5.91 Å². The van der Waals surface area contributed by atoms with Crippen LogP contribution < -0.4 is 5.32 Å². The second-order valence-corrected chi connectivity index (χ2v) is 7.94. The van der Waals surface area contributed by atoms with E-state index in [2.05, 4.69) is 20.4 Å². The Kier molecular flexibility index (Phi) is 7.04. The maximum atomic E-state index is 13.0. The van der Waals surface area contributed by atoms with E-state index in [0.29, 0.717) is 18.3 Å². The maximum Gasteiger partial charge on any atom is 0.227 e. The fourth-order valence-corrected chi connectivity index (χ4v) is 3.87. The minimum atomic E-state index is -0.266. The molecular weight excluding hydrogens is 395 g/mol. The number of halogens is 1. The van der Waals surface area contributed by atoms with E-state index in [1.54, 1.807) is 12.1 Å². The molecule has 0 atom stereocenters. The molecule has 0 spiro atoms.